The lowest BCUT2D eigenvalue weighted by molar-refractivity contribution is 0.102. The number of hydrogen-bond acceptors (Lipinski definition) is 3. The van der Waals surface area contributed by atoms with Crippen molar-refractivity contribution in [1.82, 2.24) is 14.8 Å². The molecule has 0 radical (unpaired) electrons. The summed E-state index contributed by atoms with van der Waals surface area (Å²) in [6, 6.07) is 3.64. The van der Waals surface area contributed by atoms with E-state index in [4.69, 9.17) is 0 Å². The number of halogens is 1. The number of anilines is 1. The van der Waals surface area contributed by atoms with Crippen LogP contribution in [0.5, 0.6) is 0 Å². The van der Waals surface area contributed by atoms with Crippen molar-refractivity contribution in [2.24, 2.45) is 7.05 Å². The summed E-state index contributed by atoms with van der Waals surface area (Å²) in [6.07, 6.45) is 4.86. The minimum absolute atomic E-state index is 0.207. The molecule has 0 saturated carbocycles. The van der Waals surface area contributed by atoms with Crippen molar-refractivity contribution in [3.05, 3.63) is 39.9 Å². The fourth-order valence-electron chi connectivity index (χ4n) is 1.18. The number of nitrogens with one attached hydrogen (secondary N) is 1. The third-order valence-electron chi connectivity index (χ3n) is 1.94. The zero-order chi connectivity index (χ0) is 11.5. The number of amides is 1. The van der Waals surface area contributed by atoms with Gasteiger partial charge in [0, 0.05) is 23.0 Å². The number of aryl methyl sites for hydroxylation is 1. The number of nitrogens with zero attached hydrogens (tertiary/aromatic N) is 3. The second-order valence-corrected chi connectivity index (χ2v) is 4.46. The molecule has 0 aliphatic heterocycles. The van der Waals surface area contributed by atoms with Gasteiger partial charge < -0.3 is 5.32 Å². The fourth-order valence-corrected chi connectivity index (χ4v) is 1.50. The third-order valence-corrected chi connectivity index (χ3v) is 2.57. The van der Waals surface area contributed by atoms with Crippen LogP contribution < -0.4 is 5.32 Å². The summed E-state index contributed by atoms with van der Waals surface area (Å²) in [5.41, 5.74) is 0.517. The van der Waals surface area contributed by atoms with E-state index in [1.54, 1.807) is 30.2 Å². The average Bonchev–Trinajstić information content (AvgIpc) is 2.68. The maximum atomic E-state index is 11.7. The Morgan fingerprint density at radius 1 is 1.44 bits per heavy atom. The first-order valence-corrected chi connectivity index (χ1v) is 5.64. The normalized spacial score (nSPS) is 10.1. The predicted molar refractivity (Wildman–Crippen MR) is 68.1 cm³/mol. The van der Waals surface area contributed by atoms with Crippen LogP contribution in [0.2, 0.25) is 0 Å². The number of aromatic nitrogens is 3. The van der Waals surface area contributed by atoms with Gasteiger partial charge >= 0.3 is 0 Å². The SMILES string of the molecule is Cn1cc(C(=O)Nc2ccc(I)cn2)cn1. The van der Waals surface area contributed by atoms with E-state index in [0.717, 1.165) is 3.57 Å². The van der Waals surface area contributed by atoms with Gasteiger partial charge in [0.2, 0.25) is 0 Å². The molecule has 0 aliphatic carbocycles. The molecule has 0 fully saturated rings. The van der Waals surface area contributed by atoms with Crippen LogP contribution in [-0.4, -0.2) is 20.7 Å². The number of carbonyl (C=O) groups excluding carboxylic acids is 1. The Morgan fingerprint density at radius 2 is 2.25 bits per heavy atom. The second-order valence-electron chi connectivity index (χ2n) is 3.22. The minimum Gasteiger partial charge on any atom is -0.306 e. The molecule has 2 aromatic heterocycles. The van der Waals surface area contributed by atoms with Gasteiger partial charge in [0.05, 0.1) is 11.8 Å². The van der Waals surface area contributed by atoms with Crippen molar-refractivity contribution in [3.8, 4) is 0 Å². The minimum atomic E-state index is -0.207. The Hall–Kier alpha value is -1.44. The lowest BCUT2D eigenvalue weighted by atomic mass is 10.3. The molecular weight excluding hydrogens is 319 g/mol. The molecule has 0 aliphatic rings. The van der Waals surface area contributed by atoms with Gasteiger partial charge in [-0.3, -0.25) is 9.48 Å². The Morgan fingerprint density at radius 3 is 2.81 bits per heavy atom. The van der Waals surface area contributed by atoms with Crippen molar-refractivity contribution < 1.29 is 4.79 Å². The van der Waals surface area contributed by atoms with Crippen LogP contribution in [-0.2, 0) is 7.05 Å². The van der Waals surface area contributed by atoms with Gasteiger partial charge in [0.1, 0.15) is 5.82 Å². The molecule has 0 bridgehead atoms. The van der Waals surface area contributed by atoms with Crippen LogP contribution in [0.15, 0.2) is 30.7 Å². The third kappa shape index (κ3) is 2.57. The van der Waals surface area contributed by atoms with Gasteiger partial charge in [-0.05, 0) is 34.7 Å². The van der Waals surface area contributed by atoms with Crippen LogP contribution in [0.4, 0.5) is 5.82 Å². The van der Waals surface area contributed by atoms with Gasteiger partial charge in [-0.15, -0.1) is 0 Å². The number of pyridine rings is 1. The maximum Gasteiger partial charge on any atom is 0.260 e. The highest BCUT2D eigenvalue weighted by Crippen LogP contribution is 2.08. The first-order valence-electron chi connectivity index (χ1n) is 4.57. The fraction of sp³-hybridized carbons (Fsp3) is 0.100. The molecule has 2 aromatic rings. The van der Waals surface area contributed by atoms with E-state index >= 15 is 0 Å². The van der Waals surface area contributed by atoms with Gasteiger partial charge in [-0.25, -0.2) is 4.98 Å². The van der Waals surface area contributed by atoms with E-state index in [1.165, 1.54) is 6.20 Å². The Labute approximate surface area is 106 Å². The monoisotopic (exact) mass is 328 g/mol. The van der Waals surface area contributed by atoms with E-state index in [1.807, 2.05) is 6.07 Å². The molecular formula is C10H9IN4O. The standard InChI is InChI=1S/C10H9IN4O/c1-15-6-7(4-13-15)10(16)14-9-3-2-8(11)5-12-9/h2-6H,1H3,(H,12,14,16). The van der Waals surface area contributed by atoms with Crippen molar-refractivity contribution in [2.75, 3.05) is 5.32 Å². The van der Waals surface area contributed by atoms with Gasteiger partial charge in [-0.1, -0.05) is 0 Å². The van der Waals surface area contributed by atoms with Crippen molar-refractivity contribution in [3.63, 3.8) is 0 Å². The summed E-state index contributed by atoms with van der Waals surface area (Å²) in [4.78, 5) is 15.8. The van der Waals surface area contributed by atoms with Gasteiger partial charge in [-0.2, -0.15) is 5.10 Å². The molecule has 82 valence electrons. The van der Waals surface area contributed by atoms with Crippen molar-refractivity contribution >= 4 is 34.3 Å². The van der Waals surface area contributed by atoms with Gasteiger partial charge in [0.15, 0.2) is 0 Å². The quantitative estimate of drug-likeness (QED) is 0.853. The number of carbonyl (C=O) groups is 1. The van der Waals surface area contributed by atoms with E-state index in [2.05, 4.69) is 38.0 Å². The lowest BCUT2D eigenvalue weighted by Gasteiger charge is -2.01. The summed E-state index contributed by atoms with van der Waals surface area (Å²) >= 11 is 2.16. The molecule has 2 rings (SSSR count). The Balaban J connectivity index is 2.10. The summed E-state index contributed by atoms with van der Waals surface area (Å²) < 4.78 is 2.60. The highest BCUT2D eigenvalue weighted by Gasteiger charge is 2.08. The average molecular weight is 328 g/mol. The second kappa shape index (κ2) is 4.60. The van der Waals surface area contributed by atoms with Crippen LogP contribution >= 0.6 is 22.6 Å². The van der Waals surface area contributed by atoms with E-state index in [0.29, 0.717) is 11.4 Å². The van der Waals surface area contributed by atoms with Crippen LogP contribution in [0.1, 0.15) is 10.4 Å². The summed E-state index contributed by atoms with van der Waals surface area (Å²) in [5.74, 6) is 0.330. The molecule has 0 spiro atoms. The Kier molecular flexibility index (Phi) is 3.18. The van der Waals surface area contributed by atoms with Crippen LogP contribution in [0, 0.1) is 3.57 Å². The molecule has 0 aromatic carbocycles. The molecule has 0 unspecified atom stereocenters. The Bertz CT molecular complexity index is 506. The smallest absolute Gasteiger partial charge is 0.260 e. The van der Waals surface area contributed by atoms with Crippen molar-refractivity contribution in [2.45, 2.75) is 0 Å². The lowest BCUT2D eigenvalue weighted by Crippen LogP contribution is -2.12. The molecule has 5 nitrogen and oxygen atoms in total. The number of rotatable bonds is 2. The highest BCUT2D eigenvalue weighted by atomic mass is 127. The summed E-state index contributed by atoms with van der Waals surface area (Å²) in [6.45, 7) is 0. The van der Waals surface area contributed by atoms with E-state index < -0.39 is 0 Å². The first kappa shape index (κ1) is 11.1. The summed E-state index contributed by atoms with van der Waals surface area (Å²) in [7, 11) is 1.76. The van der Waals surface area contributed by atoms with E-state index in [9.17, 15) is 4.79 Å². The predicted octanol–water partition coefficient (Wildman–Crippen LogP) is 1.67. The topological polar surface area (TPSA) is 59.8 Å². The van der Waals surface area contributed by atoms with Crippen molar-refractivity contribution in [1.29, 1.82) is 0 Å². The largest absolute Gasteiger partial charge is 0.306 e. The molecule has 2 heterocycles. The number of hydrogen-bond donors (Lipinski definition) is 1. The molecule has 1 N–H and O–H groups in total. The maximum absolute atomic E-state index is 11.7. The highest BCUT2D eigenvalue weighted by molar-refractivity contribution is 14.1. The van der Waals surface area contributed by atoms with Crippen LogP contribution in [0.3, 0.4) is 0 Å². The molecule has 1 amide bonds. The molecule has 6 heteroatoms. The zero-order valence-corrected chi connectivity index (χ0v) is 10.7. The zero-order valence-electron chi connectivity index (χ0n) is 8.51. The van der Waals surface area contributed by atoms with Gasteiger partial charge in [0.25, 0.3) is 5.91 Å². The molecule has 16 heavy (non-hydrogen) atoms. The molecule has 0 saturated heterocycles. The summed E-state index contributed by atoms with van der Waals surface area (Å²) in [5, 5.41) is 6.62. The van der Waals surface area contributed by atoms with Crippen LogP contribution in [0.25, 0.3) is 0 Å². The molecule has 0 atom stereocenters. The van der Waals surface area contributed by atoms with E-state index in [-0.39, 0.29) is 5.91 Å². The first-order chi connectivity index (χ1) is 7.65.